The topological polar surface area (TPSA) is 58.2 Å². The van der Waals surface area contributed by atoms with Crippen molar-refractivity contribution in [2.75, 3.05) is 5.32 Å². The van der Waals surface area contributed by atoms with E-state index in [2.05, 4.69) is 16.6 Å². The van der Waals surface area contributed by atoms with E-state index in [9.17, 15) is 14.0 Å². The number of terminal acetylenes is 1. The van der Waals surface area contributed by atoms with Crippen molar-refractivity contribution in [3.05, 3.63) is 65.7 Å². The lowest BCUT2D eigenvalue weighted by Gasteiger charge is -2.04. The van der Waals surface area contributed by atoms with Crippen molar-refractivity contribution >= 4 is 17.5 Å². The quantitative estimate of drug-likeness (QED) is 0.479. The number of hydrogen-bond acceptors (Lipinski definition) is 2. The molecule has 0 aliphatic heterocycles. The molecule has 5 heteroatoms. The molecule has 0 heterocycles. The maximum absolute atomic E-state index is 12.6. The molecule has 0 saturated heterocycles. The van der Waals surface area contributed by atoms with Gasteiger partial charge in [0.05, 0.1) is 11.5 Å². The highest BCUT2D eigenvalue weighted by Crippen LogP contribution is 2.10. The number of hydrogen-bond donors (Lipinski definition) is 2. The second-order valence-corrected chi connectivity index (χ2v) is 4.84. The highest BCUT2D eigenvalue weighted by atomic mass is 19.1. The van der Waals surface area contributed by atoms with Gasteiger partial charge >= 0.3 is 0 Å². The molecule has 0 saturated carbocycles. The van der Waals surface area contributed by atoms with Crippen LogP contribution < -0.4 is 10.6 Å². The van der Waals surface area contributed by atoms with E-state index in [1.54, 1.807) is 6.07 Å². The number of nitrogens with one attached hydrogen (secondary N) is 2. The molecule has 1 aromatic rings. The fraction of sp³-hybridized carbons (Fsp3) is 0.158. The van der Waals surface area contributed by atoms with E-state index >= 15 is 0 Å². The summed E-state index contributed by atoms with van der Waals surface area (Å²) >= 11 is 0. The summed E-state index contributed by atoms with van der Waals surface area (Å²) in [6.07, 6.45) is 10.6. The zero-order valence-corrected chi connectivity index (χ0v) is 13.6. The van der Waals surface area contributed by atoms with Gasteiger partial charge in [0.2, 0.25) is 11.8 Å². The summed E-state index contributed by atoms with van der Waals surface area (Å²) in [7, 11) is 0. The SMILES string of the molecule is C#CC(=CC=C(C)F)NC(=O)C=CC(=O)Nc1cccc(CC)c1. The Balaban J connectivity index is 2.62. The fourth-order valence-corrected chi connectivity index (χ4v) is 1.70. The van der Waals surface area contributed by atoms with Gasteiger partial charge in [-0.1, -0.05) is 25.0 Å². The van der Waals surface area contributed by atoms with Crippen LogP contribution in [0.15, 0.2) is 60.1 Å². The lowest BCUT2D eigenvalue weighted by atomic mass is 10.1. The van der Waals surface area contributed by atoms with Crippen LogP contribution in [0.4, 0.5) is 10.1 Å². The number of allylic oxidation sites excluding steroid dienone is 4. The molecular formula is C19H19FN2O2. The third kappa shape index (κ3) is 7.23. The first kappa shape index (κ1) is 18.9. The van der Waals surface area contributed by atoms with Crippen LogP contribution in [0.5, 0.6) is 0 Å². The van der Waals surface area contributed by atoms with Crippen molar-refractivity contribution in [3.63, 3.8) is 0 Å². The monoisotopic (exact) mass is 326 g/mol. The third-order valence-electron chi connectivity index (χ3n) is 2.88. The van der Waals surface area contributed by atoms with Crippen molar-refractivity contribution in [1.82, 2.24) is 5.32 Å². The van der Waals surface area contributed by atoms with E-state index in [0.29, 0.717) is 5.69 Å². The maximum atomic E-state index is 12.6. The van der Waals surface area contributed by atoms with Gasteiger partial charge < -0.3 is 10.6 Å². The van der Waals surface area contributed by atoms with Crippen molar-refractivity contribution in [1.29, 1.82) is 0 Å². The molecular weight excluding hydrogens is 307 g/mol. The lowest BCUT2D eigenvalue weighted by Crippen LogP contribution is -2.20. The van der Waals surface area contributed by atoms with E-state index in [1.165, 1.54) is 13.0 Å². The van der Waals surface area contributed by atoms with Gasteiger partial charge in [-0.3, -0.25) is 9.59 Å². The minimum absolute atomic E-state index is 0.0951. The van der Waals surface area contributed by atoms with Crippen LogP contribution >= 0.6 is 0 Å². The van der Waals surface area contributed by atoms with E-state index in [0.717, 1.165) is 30.2 Å². The minimum atomic E-state index is -0.582. The van der Waals surface area contributed by atoms with Gasteiger partial charge in [0.1, 0.15) is 0 Å². The van der Waals surface area contributed by atoms with E-state index in [-0.39, 0.29) is 5.70 Å². The van der Waals surface area contributed by atoms with Crippen molar-refractivity contribution in [3.8, 4) is 12.3 Å². The first-order chi connectivity index (χ1) is 11.4. The molecule has 124 valence electrons. The molecule has 0 atom stereocenters. The standard InChI is InChI=1S/C19H19FN2O2/c1-4-15-7-6-8-17(13-15)22-19(24)12-11-18(23)21-16(5-2)10-9-14(3)20/h2,6-13H,4H2,1,3H3,(H,21,23)(H,22,24). The van der Waals surface area contributed by atoms with Crippen LogP contribution in [0.1, 0.15) is 19.4 Å². The molecule has 0 aromatic heterocycles. The number of carbonyl (C=O) groups excluding carboxylic acids is 2. The summed E-state index contributed by atoms with van der Waals surface area (Å²) in [4.78, 5) is 23.5. The summed E-state index contributed by atoms with van der Waals surface area (Å²) < 4.78 is 12.6. The molecule has 24 heavy (non-hydrogen) atoms. The average Bonchev–Trinajstić information content (AvgIpc) is 2.56. The Morgan fingerprint density at radius 3 is 2.58 bits per heavy atom. The summed E-state index contributed by atoms with van der Waals surface area (Å²) in [5.41, 5.74) is 1.84. The van der Waals surface area contributed by atoms with Crippen molar-refractivity contribution in [2.45, 2.75) is 20.3 Å². The minimum Gasteiger partial charge on any atom is -0.323 e. The highest BCUT2D eigenvalue weighted by Gasteiger charge is 2.02. The van der Waals surface area contributed by atoms with Gasteiger partial charge in [-0.15, -0.1) is 6.42 Å². The Bertz CT molecular complexity index is 736. The molecule has 0 fully saturated rings. The van der Waals surface area contributed by atoms with Gasteiger partial charge in [0, 0.05) is 17.8 Å². The molecule has 0 radical (unpaired) electrons. The number of amides is 2. The molecule has 0 spiro atoms. The zero-order chi connectivity index (χ0) is 17.9. The zero-order valence-electron chi connectivity index (χ0n) is 13.6. The van der Waals surface area contributed by atoms with Crippen LogP contribution in [0.3, 0.4) is 0 Å². The van der Waals surface area contributed by atoms with Crippen LogP contribution in [-0.2, 0) is 16.0 Å². The molecule has 0 bridgehead atoms. The van der Waals surface area contributed by atoms with Crippen LogP contribution in [-0.4, -0.2) is 11.8 Å². The second-order valence-electron chi connectivity index (χ2n) is 4.84. The normalized spacial score (nSPS) is 11.9. The molecule has 1 rings (SSSR count). The summed E-state index contributed by atoms with van der Waals surface area (Å²) in [6.45, 7) is 3.27. The highest BCUT2D eigenvalue weighted by molar-refractivity contribution is 6.03. The average molecular weight is 326 g/mol. The van der Waals surface area contributed by atoms with Gasteiger partial charge in [0.25, 0.3) is 0 Å². The molecule has 2 N–H and O–H groups in total. The predicted molar refractivity (Wildman–Crippen MR) is 93.5 cm³/mol. The van der Waals surface area contributed by atoms with Crippen LogP contribution in [0.2, 0.25) is 0 Å². The van der Waals surface area contributed by atoms with Gasteiger partial charge in [-0.2, -0.15) is 0 Å². The first-order valence-corrected chi connectivity index (χ1v) is 7.34. The fourth-order valence-electron chi connectivity index (χ4n) is 1.70. The summed E-state index contributed by atoms with van der Waals surface area (Å²) in [5, 5.41) is 5.03. The summed E-state index contributed by atoms with van der Waals surface area (Å²) in [5.74, 6) is 0.746. The lowest BCUT2D eigenvalue weighted by molar-refractivity contribution is -0.116. The van der Waals surface area contributed by atoms with Gasteiger partial charge in [-0.25, -0.2) is 4.39 Å². The second kappa shape index (κ2) is 9.80. The molecule has 0 aliphatic rings. The number of rotatable bonds is 6. The Morgan fingerprint density at radius 2 is 1.96 bits per heavy atom. The Labute approximate surface area is 141 Å². The van der Waals surface area contributed by atoms with Crippen molar-refractivity contribution < 1.29 is 14.0 Å². The number of benzene rings is 1. The van der Waals surface area contributed by atoms with Crippen LogP contribution in [0, 0.1) is 12.3 Å². The third-order valence-corrected chi connectivity index (χ3v) is 2.88. The molecule has 4 nitrogen and oxygen atoms in total. The number of carbonyl (C=O) groups is 2. The van der Waals surface area contributed by atoms with E-state index < -0.39 is 17.6 Å². The van der Waals surface area contributed by atoms with E-state index in [1.807, 2.05) is 25.1 Å². The smallest absolute Gasteiger partial charge is 0.249 e. The largest absolute Gasteiger partial charge is 0.323 e. The number of anilines is 1. The molecule has 0 unspecified atom stereocenters. The Morgan fingerprint density at radius 1 is 1.25 bits per heavy atom. The molecule has 2 amide bonds. The Hall–Kier alpha value is -3.13. The maximum Gasteiger partial charge on any atom is 0.249 e. The number of aryl methyl sites for hydroxylation is 1. The Kier molecular flexibility index (Phi) is 7.72. The van der Waals surface area contributed by atoms with Gasteiger partial charge in [-0.05, 0) is 43.2 Å². The van der Waals surface area contributed by atoms with E-state index in [4.69, 9.17) is 6.42 Å². The molecule has 0 aliphatic carbocycles. The predicted octanol–water partition coefficient (Wildman–Crippen LogP) is 3.25. The first-order valence-electron chi connectivity index (χ1n) is 7.34. The number of halogens is 1. The molecule has 1 aromatic carbocycles. The van der Waals surface area contributed by atoms with Gasteiger partial charge in [0.15, 0.2) is 0 Å². The van der Waals surface area contributed by atoms with Crippen LogP contribution in [0.25, 0.3) is 0 Å². The van der Waals surface area contributed by atoms with Crippen molar-refractivity contribution in [2.24, 2.45) is 0 Å². The summed E-state index contributed by atoms with van der Waals surface area (Å²) in [6, 6.07) is 7.42.